The van der Waals surface area contributed by atoms with E-state index < -0.39 is 76.1 Å². The van der Waals surface area contributed by atoms with Crippen molar-refractivity contribution in [3.63, 3.8) is 0 Å². The first-order chi connectivity index (χ1) is 19.3. The maximum absolute atomic E-state index is 15.0. The molecule has 2 nitrogen and oxygen atoms in total. The third-order valence-corrected chi connectivity index (χ3v) is 5.82. The van der Waals surface area contributed by atoms with E-state index >= 15 is 4.39 Å². The van der Waals surface area contributed by atoms with E-state index in [0.717, 1.165) is 43.5 Å². The van der Waals surface area contributed by atoms with Crippen molar-refractivity contribution in [3.05, 3.63) is 107 Å². The molecule has 4 aromatic carbocycles. The van der Waals surface area contributed by atoms with Gasteiger partial charge < -0.3 is 9.47 Å². The first-order valence-electron chi connectivity index (χ1n) is 11.5. The highest BCUT2D eigenvalue weighted by Gasteiger charge is 2.34. The molecule has 0 aliphatic rings. The molecule has 4 aromatic rings. The smallest absolute Gasteiger partial charge is 0.399 e. The Labute approximate surface area is 226 Å². The fourth-order valence-electron chi connectivity index (χ4n) is 3.99. The van der Waals surface area contributed by atoms with Gasteiger partial charge >= 0.3 is 6.36 Å². The predicted molar refractivity (Wildman–Crippen MR) is 130 cm³/mol. The summed E-state index contributed by atoms with van der Waals surface area (Å²) < 4.78 is 145. The quantitative estimate of drug-likeness (QED) is 0.201. The normalized spacial score (nSPS) is 12.4. The van der Waals surface area contributed by atoms with Gasteiger partial charge in [0.15, 0.2) is 23.3 Å². The zero-order chi connectivity index (χ0) is 30.1. The minimum Gasteiger partial charge on any atom is -0.399 e. The minimum absolute atomic E-state index is 0.0232. The van der Waals surface area contributed by atoms with Crippen molar-refractivity contribution >= 4 is 5.83 Å². The van der Waals surface area contributed by atoms with E-state index in [4.69, 9.17) is 0 Å². The number of benzene rings is 4. The molecule has 0 spiro atoms. The molecule has 0 N–H and O–H groups in total. The van der Waals surface area contributed by atoms with Crippen LogP contribution in [0.4, 0.5) is 43.9 Å². The fraction of sp³-hybridized carbons (Fsp3) is 0.103. The predicted octanol–water partition coefficient (Wildman–Crippen LogP) is 9.54. The number of hydrogen-bond donors (Lipinski definition) is 0. The Morgan fingerprint density at radius 2 is 1.05 bits per heavy atom. The molecule has 0 aliphatic heterocycles. The van der Waals surface area contributed by atoms with E-state index in [1.807, 2.05) is 0 Å². The summed E-state index contributed by atoms with van der Waals surface area (Å²) in [6, 6.07) is 10.4. The fourth-order valence-corrected chi connectivity index (χ4v) is 3.99. The molecular weight excluding hydrogens is 570 g/mol. The van der Waals surface area contributed by atoms with Crippen LogP contribution in [-0.4, -0.2) is 20.1 Å². The zero-order valence-electron chi connectivity index (χ0n) is 20.7. The second-order valence-electron chi connectivity index (χ2n) is 8.55. The summed E-state index contributed by atoms with van der Waals surface area (Å²) in [4.78, 5) is 0. The molecule has 0 heterocycles. The van der Waals surface area contributed by atoms with Crippen LogP contribution in [0.5, 0.6) is 5.75 Å². The lowest BCUT2D eigenvalue weighted by atomic mass is 9.96. The molecule has 12 heteroatoms. The molecule has 0 saturated heterocycles. The summed E-state index contributed by atoms with van der Waals surface area (Å²) in [5.41, 5.74) is -1.50. The monoisotopic (exact) mass is 586 g/mol. The van der Waals surface area contributed by atoms with E-state index in [0.29, 0.717) is 12.1 Å². The molecule has 0 atom stereocenters. The minimum atomic E-state index is -5.36. The highest BCUT2D eigenvalue weighted by molar-refractivity contribution is 5.75. The van der Waals surface area contributed by atoms with Gasteiger partial charge in [-0.15, -0.1) is 13.2 Å². The molecular formula is C29H16F10O2. The Morgan fingerprint density at radius 3 is 1.49 bits per heavy atom. The van der Waals surface area contributed by atoms with Crippen LogP contribution in [0, 0.1) is 29.1 Å². The maximum Gasteiger partial charge on any atom is 0.573 e. The molecule has 0 bridgehead atoms. The summed E-state index contributed by atoms with van der Waals surface area (Å²) in [5.74, 6) is -10.7. The Balaban J connectivity index is 1.63. The molecule has 41 heavy (non-hydrogen) atoms. The lowest BCUT2D eigenvalue weighted by Gasteiger charge is -2.13. The largest absolute Gasteiger partial charge is 0.573 e. The van der Waals surface area contributed by atoms with E-state index in [1.165, 1.54) is 18.2 Å². The van der Waals surface area contributed by atoms with E-state index in [9.17, 15) is 39.5 Å². The Morgan fingerprint density at radius 1 is 0.610 bits per heavy atom. The van der Waals surface area contributed by atoms with Crippen LogP contribution in [0.15, 0.2) is 72.6 Å². The highest BCUT2D eigenvalue weighted by atomic mass is 19.4. The first kappa shape index (κ1) is 29.7. The van der Waals surface area contributed by atoms with Gasteiger partial charge in [0, 0.05) is 29.4 Å². The van der Waals surface area contributed by atoms with Crippen molar-refractivity contribution in [2.45, 2.75) is 6.36 Å². The molecule has 0 radical (unpaired) electrons. The van der Waals surface area contributed by atoms with Gasteiger partial charge in [0.1, 0.15) is 24.1 Å². The van der Waals surface area contributed by atoms with Crippen molar-refractivity contribution < 1.29 is 53.4 Å². The van der Waals surface area contributed by atoms with Crippen LogP contribution in [-0.2, 0) is 4.74 Å². The average molecular weight is 586 g/mol. The standard InChI is InChI=1S/C29H16F10O2/c1-40-13-26(35)27(36)16-4-7-19(23(32)10-16)14-2-5-18(21(30)8-14)15-3-6-20(22(31)9-15)17-11-24(33)28(25(34)12-17)41-29(37,38)39/h2-12H,13H2,1H3. The van der Waals surface area contributed by atoms with Gasteiger partial charge in [-0.25, -0.2) is 30.7 Å². The van der Waals surface area contributed by atoms with Gasteiger partial charge in [0.25, 0.3) is 0 Å². The number of halogens is 10. The third kappa shape index (κ3) is 6.54. The molecule has 0 fully saturated rings. The molecule has 0 aromatic heterocycles. The van der Waals surface area contributed by atoms with Crippen molar-refractivity contribution in [2.24, 2.45) is 0 Å². The highest BCUT2D eigenvalue weighted by Crippen LogP contribution is 2.36. The number of alkyl halides is 3. The second kappa shape index (κ2) is 11.7. The van der Waals surface area contributed by atoms with Crippen molar-refractivity contribution in [2.75, 3.05) is 13.7 Å². The van der Waals surface area contributed by atoms with E-state index in [2.05, 4.69) is 9.47 Å². The van der Waals surface area contributed by atoms with Gasteiger partial charge in [0.2, 0.25) is 5.75 Å². The lowest BCUT2D eigenvalue weighted by Crippen LogP contribution is -2.19. The summed E-state index contributed by atoms with van der Waals surface area (Å²) in [6.45, 7) is -0.652. The summed E-state index contributed by atoms with van der Waals surface area (Å²) in [7, 11) is 1.15. The molecule has 4 rings (SSSR count). The van der Waals surface area contributed by atoms with E-state index in [-0.39, 0.29) is 22.3 Å². The average Bonchev–Trinajstić information content (AvgIpc) is 2.89. The summed E-state index contributed by atoms with van der Waals surface area (Å²) >= 11 is 0. The van der Waals surface area contributed by atoms with Crippen LogP contribution < -0.4 is 4.74 Å². The second-order valence-corrected chi connectivity index (χ2v) is 8.55. The van der Waals surface area contributed by atoms with E-state index in [1.54, 1.807) is 0 Å². The Bertz CT molecular complexity index is 1620. The molecule has 0 saturated carbocycles. The topological polar surface area (TPSA) is 18.5 Å². The van der Waals surface area contributed by atoms with Crippen molar-refractivity contribution in [1.82, 2.24) is 0 Å². The molecule has 0 aliphatic carbocycles. The van der Waals surface area contributed by atoms with Crippen molar-refractivity contribution in [1.29, 1.82) is 0 Å². The number of methoxy groups -OCH3 is 1. The zero-order valence-corrected chi connectivity index (χ0v) is 20.7. The Hall–Kier alpha value is -4.32. The lowest BCUT2D eigenvalue weighted by molar-refractivity contribution is -0.276. The third-order valence-electron chi connectivity index (χ3n) is 5.82. The molecule has 0 amide bonds. The number of ether oxygens (including phenoxy) is 2. The summed E-state index contributed by atoms with van der Waals surface area (Å²) in [6.07, 6.45) is -5.36. The van der Waals surface area contributed by atoms with Crippen molar-refractivity contribution in [3.8, 4) is 39.1 Å². The first-order valence-corrected chi connectivity index (χ1v) is 11.5. The van der Waals surface area contributed by atoms with Gasteiger partial charge in [0.05, 0.1) is 0 Å². The number of rotatable bonds is 7. The Kier molecular flexibility index (Phi) is 8.43. The number of hydrogen-bond acceptors (Lipinski definition) is 2. The van der Waals surface area contributed by atoms with Crippen LogP contribution >= 0.6 is 0 Å². The van der Waals surface area contributed by atoms with Gasteiger partial charge in [-0.3, -0.25) is 0 Å². The maximum atomic E-state index is 15.0. The molecule has 214 valence electrons. The van der Waals surface area contributed by atoms with Crippen LogP contribution in [0.25, 0.3) is 39.2 Å². The van der Waals surface area contributed by atoms with Crippen LogP contribution in [0.3, 0.4) is 0 Å². The molecule has 0 unspecified atom stereocenters. The summed E-state index contributed by atoms with van der Waals surface area (Å²) in [5, 5.41) is 0. The van der Waals surface area contributed by atoms with Gasteiger partial charge in [-0.05, 0) is 47.0 Å². The van der Waals surface area contributed by atoms with Crippen LogP contribution in [0.2, 0.25) is 0 Å². The van der Waals surface area contributed by atoms with Gasteiger partial charge in [-0.2, -0.15) is 0 Å². The SMILES string of the molecule is COCC(F)=C(F)c1ccc(-c2ccc(-c3ccc(-c4cc(F)c(OC(F)(F)F)c(F)c4)c(F)c3)c(F)c2)c(F)c1. The van der Waals surface area contributed by atoms with Gasteiger partial charge in [-0.1, -0.05) is 36.4 Å². The van der Waals surface area contributed by atoms with Crippen LogP contribution in [0.1, 0.15) is 5.56 Å².